The van der Waals surface area contributed by atoms with Crippen LogP contribution in [0.4, 0.5) is 0 Å². The highest BCUT2D eigenvalue weighted by Gasteiger charge is 1.97. The summed E-state index contributed by atoms with van der Waals surface area (Å²) in [4.78, 5) is 0. The summed E-state index contributed by atoms with van der Waals surface area (Å²) < 4.78 is 4.88. The van der Waals surface area contributed by atoms with Crippen molar-refractivity contribution in [3.8, 4) is 11.8 Å². The monoisotopic (exact) mass is 132 g/mol. The molecule has 0 amide bonds. The maximum atomic E-state index is 8.49. The molecule has 0 aromatic heterocycles. The number of nitrogens with zero attached hydrogens (tertiary/aromatic N) is 1. The maximum absolute atomic E-state index is 8.49. The van der Waals surface area contributed by atoms with Crippen LogP contribution in [0.2, 0.25) is 0 Å². The van der Waals surface area contributed by atoms with Crippen molar-refractivity contribution in [3.05, 3.63) is 29.8 Å². The van der Waals surface area contributed by atoms with Gasteiger partial charge in [-0.05, 0) is 6.07 Å². The Labute approximate surface area is 59.7 Å². The molecule has 1 rings (SSSR count). The smallest absolute Gasteiger partial charge is 0.137 e. The summed E-state index contributed by atoms with van der Waals surface area (Å²) in [5.74, 6) is 0.574. The Morgan fingerprint density at radius 1 is 1.70 bits per heavy atom. The zero-order valence-electron chi connectivity index (χ0n) is 5.59. The predicted molar refractivity (Wildman–Crippen MR) is 36.5 cm³/mol. The van der Waals surface area contributed by atoms with E-state index in [-0.39, 0.29) is 0 Å². The van der Waals surface area contributed by atoms with Crippen LogP contribution in [0.5, 0.6) is 5.75 Å². The first-order valence-corrected chi connectivity index (χ1v) is 2.83. The predicted octanol–water partition coefficient (Wildman–Crippen LogP) is 1.37. The average molecular weight is 132 g/mol. The lowest BCUT2D eigenvalue weighted by molar-refractivity contribution is 0.413. The van der Waals surface area contributed by atoms with E-state index in [2.05, 4.69) is 6.07 Å². The first kappa shape index (κ1) is 6.63. The lowest BCUT2D eigenvalue weighted by atomic mass is 10.2. The van der Waals surface area contributed by atoms with Crippen LogP contribution in [-0.4, -0.2) is 7.11 Å². The van der Waals surface area contributed by atoms with E-state index in [1.54, 1.807) is 18.2 Å². The average Bonchev–Trinajstić information content (AvgIpc) is 2.04. The van der Waals surface area contributed by atoms with Crippen molar-refractivity contribution in [1.82, 2.24) is 0 Å². The summed E-state index contributed by atoms with van der Waals surface area (Å²) in [6, 6.07) is 9.91. The number of ether oxygens (including phenoxy) is 1. The van der Waals surface area contributed by atoms with Crippen molar-refractivity contribution < 1.29 is 4.74 Å². The number of benzene rings is 1. The van der Waals surface area contributed by atoms with Gasteiger partial charge in [-0.15, -0.1) is 0 Å². The molecule has 0 saturated heterocycles. The molecular formula is C8H6NO. The van der Waals surface area contributed by atoms with Gasteiger partial charge in [-0.1, -0.05) is 12.1 Å². The molecule has 1 aromatic carbocycles. The zero-order valence-corrected chi connectivity index (χ0v) is 5.59. The third-order valence-corrected chi connectivity index (χ3v) is 1.15. The van der Waals surface area contributed by atoms with Crippen molar-refractivity contribution in [1.29, 1.82) is 5.26 Å². The van der Waals surface area contributed by atoms with Crippen LogP contribution in [-0.2, 0) is 0 Å². The van der Waals surface area contributed by atoms with Gasteiger partial charge < -0.3 is 4.74 Å². The minimum atomic E-state index is 0.449. The van der Waals surface area contributed by atoms with E-state index in [9.17, 15) is 0 Å². The van der Waals surface area contributed by atoms with Gasteiger partial charge in [0.1, 0.15) is 17.4 Å². The van der Waals surface area contributed by atoms with E-state index in [1.165, 1.54) is 7.11 Å². The second-order valence-electron chi connectivity index (χ2n) is 1.73. The molecule has 0 aliphatic rings. The largest absolute Gasteiger partial charge is 0.495 e. The molecule has 0 bridgehead atoms. The fourth-order valence-electron chi connectivity index (χ4n) is 0.679. The van der Waals surface area contributed by atoms with Gasteiger partial charge in [0.2, 0.25) is 0 Å². The van der Waals surface area contributed by atoms with Crippen LogP contribution >= 0.6 is 0 Å². The van der Waals surface area contributed by atoms with Gasteiger partial charge in [0.05, 0.1) is 7.11 Å². The van der Waals surface area contributed by atoms with Crippen molar-refractivity contribution in [3.63, 3.8) is 0 Å². The molecule has 0 heterocycles. The molecule has 0 N–H and O–H groups in total. The van der Waals surface area contributed by atoms with E-state index in [1.807, 2.05) is 6.07 Å². The number of hydrogen-bond acceptors (Lipinski definition) is 2. The van der Waals surface area contributed by atoms with Gasteiger partial charge in [-0.2, -0.15) is 5.26 Å². The molecule has 1 radical (unpaired) electrons. The van der Waals surface area contributed by atoms with Gasteiger partial charge in [-0.3, -0.25) is 0 Å². The highest BCUT2D eigenvalue weighted by atomic mass is 16.5. The topological polar surface area (TPSA) is 33.0 Å². The van der Waals surface area contributed by atoms with E-state index < -0.39 is 0 Å². The normalized spacial score (nSPS) is 8.40. The summed E-state index contributed by atoms with van der Waals surface area (Å²) in [7, 11) is 1.53. The highest BCUT2D eigenvalue weighted by Crippen LogP contribution is 2.14. The van der Waals surface area contributed by atoms with E-state index in [4.69, 9.17) is 10.00 Å². The Morgan fingerprint density at radius 3 is 3.00 bits per heavy atom. The summed E-state index contributed by atoms with van der Waals surface area (Å²) in [5, 5.41) is 8.49. The first-order chi connectivity index (χ1) is 4.88. The minimum absolute atomic E-state index is 0.449. The van der Waals surface area contributed by atoms with Crippen LogP contribution in [0.25, 0.3) is 0 Å². The Kier molecular flexibility index (Phi) is 1.91. The number of methoxy groups -OCH3 is 1. The van der Waals surface area contributed by atoms with Gasteiger partial charge in [0.15, 0.2) is 0 Å². The zero-order chi connectivity index (χ0) is 7.40. The van der Waals surface area contributed by atoms with Gasteiger partial charge >= 0.3 is 0 Å². The first-order valence-electron chi connectivity index (χ1n) is 2.83. The number of hydrogen-bond donors (Lipinski definition) is 0. The third kappa shape index (κ3) is 1.08. The molecule has 0 fully saturated rings. The van der Waals surface area contributed by atoms with E-state index in [0.29, 0.717) is 11.3 Å². The molecule has 0 saturated carbocycles. The van der Waals surface area contributed by atoms with Gasteiger partial charge in [-0.25, -0.2) is 0 Å². The summed E-state index contributed by atoms with van der Waals surface area (Å²) >= 11 is 0. The van der Waals surface area contributed by atoms with Crippen LogP contribution in [0.15, 0.2) is 18.2 Å². The summed E-state index contributed by atoms with van der Waals surface area (Å²) in [5.41, 5.74) is 0.449. The molecule has 0 aliphatic carbocycles. The lowest BCUT2D eigenvalue weighted by Crippen LogP contribution is -1.85. The minimum Gasteiger partial charge on any atom is -0.495 e. The Morgan fingerprint density at radius 2 is 2.50 bits per heavy atom. The quantitative estimate of drug-likeness (QED) is 0.578. The fourth-order valence-corrected chi connectivity index (χ4v) is 0.679. The summed E-state index contributed by atoms with van der Waals surface area (Å²) in [6.07, 6.45) is 0. The highest BCUT2D eigenvalue weighted by molar-refractivity contribution is 5.41. The molecule has 1 aromatic rings. The standard InChI is InChI=1S/C8H6NO/c1-10-8-5-3-2-4-7(8)6-9/h2-3,5H,1H3. The lowest BCUT2D eigenvalue weighted by Gasteiger charge is -1.98. The number of nitriles is 1. The van der Waals surface area contributed by atoms with Crippen molar-refractivity contribution in [2.75, 3.05) is 7.11 Å². The second-order valence-corrected chi connectivity index (χ2v) is 1.73. The molecule has 0 spiro atoms. The molecule has 0 atom stereocenters. The Balaban J connectivity index is 3.12. The van der Waals surface area contributed by atoms with Crippen LogP contribution in [0.3, 0.4) is 0 Å². The molecular weight excluding hydrogens is 126 g/mol. The van der Waals surface area contributed by atoms with Crippen molar-refractivity contribution in [2.24, 2.45) is 0 Å². The SMILES string of the molecule is COc1ccc[c]c1C#N. The van der Waals surface area contributed by atoms with Crippen LogP contribution < -0.4 is 4.74 Å². The van der Waals surface area contributed by atoms with Crippen LogP contribution in [0, 0.1) is 17.4 Å². The Bertz CT molecular complexity index is 262. The number of rotatable bonds is 1. The second kappa shape index (κ2) is 2.88. The molecule has 0 aliphatic heterocycles. The molecule has 0 unspecified atom stereocenters. The van der Waals surface area contributed by atoms with Crippen LogP contribution in [0.1, 0.15) is 5.56 Å². The van der Waals surface area contributed by atoms with Gasteiger partial charge in [0, 0.05) is 6.07 Å². The van der Waals surface area contributed by atoms with Crippen molar-refractivity contribution >= 4 is 0 Å². The molecule has 10 heavy (non-hydrogen) atoms. The van der Waals surface area contributed by atoms with Gasteiger partial charge in [0.25, 0.3) is 0 Å². The molecule has 49 valence electrons. The molecule has 2 heteroatoms. The fraction of sp³-hybridized carbons (Fsp3) is 0.125. The van der Waals surface area contributed by atoms with E-state index in [0.717, 1.165) is 0 Å². The maximum Gasteiger partial charge on any atom is 0.137 e. The summed E-state index contributed by atoms with van der Waals surface area (Å²) in [6.45, 7) is 0. The van der Waals surface area contributed by atoms with Crippen molar-refractivity contribution in [2.45, 2.75) is 0 Å². The third-order valence-electron chi connectivity index (χ3n) is 1.15. The van der Waals surface area contributed by atoms with E-state index >= 15 is 0 Å². The Hall–Kier alpha value is -1.49. The molecule has 2 nitrogen and oxygen atoms in total.